The van der Waals surface area contributed by atoms with Gasteiger partial charge >= 0.3 is 0 Å². The first-order valence-corrected chi connectivity index (χ1v) is 6.03. The first kappa shape index (κ1) is 10.0. The third-order valence-corrected chi connectivity index (χ3v) is 3.26. The number of nitrogens with zero attached hydrogens (tertiary/aromatic N) is 3. The summed E-state index contributed by atoms with van der Waals surface area (Å²) in [6, 6.07) is 9.68. The molecule has 84 valence electrons. The maximum Gasteiger partial charge on any atom is 0.153 e. The van der Waals surface area contributed by atoms with E-state index in [1.807, 2.05) is 35.7 Å². The fourth-order valence-electron chi connectivity index (χ4n) is 1.60. The van der Waals surface area contributed by atoms with E-state index in [1.54, 1.807) is 28.4 Å². The molecule has 0 saturated heterocycles. The van der Waals surface area contributed by atoms with Gasteiger partial charge in [-0.25, -0.2) is 9.67 Å². The van der Waals surface area contributed by atoms with E-state index in [9.17, 15) is 0 Å². The summed E-state index contributed by atoms with van der Waals surface area (Å²) < 4.78 is 1.70. The summed E-state index contributed by atoms with van der Waals surface area (Å²) in [5.41, 5.74) is 7.44. The summed E-state index contributed by atoms with van der Waals surface area (Å²) in [6.07, 6.45) is 3.52. The molecule has 3 aromatic heterocycles. The minimum Gasteiger partial charge on any atom is -0.396 e. The fourth-order valence-corrected chi connectivity index (χ4v) is 2.33. The van der Waals surface area contributed by atoms with Crippen LogP contribution >= 0.6 is 11.3 Å². The number of hydrogen-bond donors (Lipinski definition) is 1. The lowest BCUT2D eigenvalue weighted by Crippen LogP contribution is -1.96. The number of rotatable bonds is 2. The molecule has 0 bridgehead atoms. The highest BCUT2D eigenvalue weighted by atomic mass is 32.1. The second-order valence-corrected chi connectivity index (χ2v) is 4.49. The third kappa shape index (κ3) is 1.81. The number of nitrogen functional groups attached to an aromatic ring is 1. The first-order valence-electron chi connectivity index (χ1n) is 5.15. The van der Waals surface area contributed by atoms with E-state index < -0.39 is 0 Å². The molecule has 0 spiro atoms. The maximum absolute atomic E-state index is 5.97. The summed E-state index contributed by atoms with van der Waals surface area (Å²) in [6.45, 7) is 0. The zero-order valence-electron chi connectivity index (χ0n) is 8.95. The summed E-state index contributed by atoms with van der Waals surface area (Å²) in [4.78, 5) is 5.30. The quantitative estimate of drug-likeness (QED) is 0.751. The predicted molar refractivity (Wildman–Crippen MR) is 69.1 cm³/mol. The lowest BCUT2D eigenvalue weighted by Gasteiger charge is -1.97. The van der Waals surface area contributed by atoms with Crippen LogP contribution < -0.4 is 5.73 Å². The highest BCUT2D eigenvalue weighted by Gasteiger charge is 2.10. The Hall–Kier alpha value is -2.14. The molecule has 0 amide bonds. The predicted octanol–water partition coefficient (Wildman–Crippen LogP) is 2.58. The van der Waals surface area contributed by atoms with Gasteiger partial charge in [-0.3, -0.25) is 0 Å². The Bertz CT molecular complexity index is 613. The Morgan fingerprint density at radius 2 is 2.12 bits per heavy atom. The molecule has 0 aromatic carbocycles. The Labute approximate surface area is 102 Å². The van der Waals surface area contributed by atoms with Crippen molar-refractivity contribution in [2.75, 3.05) is 5.73 Å². The Balaban J connectivity index is 2.08. The lowest BCUT2D eigenvalue weighted by molar-refractivity contribution is 0.851. The topological polar surface area (TPSA) is 56.7 Å². The van der Waals surface area contributed by atoms with Crippen molar-refractivity contribution in [1.29, 1.82) is 0 Å². The number of hydrogen-bond acceptors (Lipinski definition) is 4. The normalized spacial score (nSPS) is 10.6. The van der Waals surface area contributed by atoms with E-state index in [0.29, 0.717) is 5.69 Å². The van der Waals surface area contributed by atoms with Gasteiger partial charge in [0.1, 0.15) is 5.69 Å². The maximum atomic E-state index is 5.97. The van der Waals surface area contributed by atoms with Crippen molar-refractivity contribution in [2.24, 2.45) is 0 Å². The van der Waals surface area contributed by atoms with Crippen LogP contribution in [0.3, 0.4) is 0 Å². The van der Waals surface area contributed by atoms with Gasteiger partial charge in [0.25, 0.3) is 0 Å². The molecule has 3 rings (SSSR count). The van der Waals surface area contributed by atoms with Gasteiger partial charge in [0.15, 0.2) is 5.82 Å². The summed E-state index contributed by atoms with van der Waals surface area (Å²) in [5.74, 6) is 0.766. The Morgan fingerprint density at radius 1 is 1.18 bits per heavy atom. The van der Waals surface area contributed by atoms with E-state index in [2.05, 4.69) is 10.1 Å². The molecule has 3 heterocycles. The molecule has 0 aliphatic rings. The van der Waals surface area contributed by atoms with Gasteiger partial charge in [0.2, 0.25) is 0 Å². The van der Waals surface area contributed by atoms with Crippen LogP contribution in [0.25, 0.3) is 16.4 Å². The van der Waals surface area contributed by atoms with E-state index in [1.165, 1.54) is 0 Å². The molecular formula is C12H10N4S. The van der Waals surface area contributed by atoms with Crippen LogP contribution in [-0.2, 0) is 0 Å². The molecule has 5 heteroatoms. The number of nitrogens with two attached hydrogens (primary N) is 1. The molecule has 0 atom stereocenters. The highest BCUT2D eigenvalue weighted by Crippen LogP contribution is 2.28. The molecule has 17 heavy (non-hydrogen) atoms. The van der Waals surface area contributed by atoms with Crippen LogP contribution in [0.1, 0.15) is 0 Å². The molecule has 4 nitrogen and oxygen atoms in total. The number of thiophene rings is 1. The van der Waals surface area contributed by atoms with Gasteiger partial charge in [-0.2, -0.15) is 5.10 Å². The molecule has 0 saturated carbocycles. The van der Waals surface area contributed by atoms with E-state index in [-0.39, 0.29) is 0 Å². The summed E-state index contributed by atoms with van der Waals surface area (Å²) in [7, 11) is 0. The van der Waals surface area contributed by atoms with Crippen LogP contribution in [0.4, 0.5) is 5.69 Å². The van der Waals surface area contributed by atoms with Crippen molar-refractivity contribution in [2.45, 2.75) is 0 Å². The highest BCUT2D eigenvalue weighted by molar-refractivity contribution is 7.13. The van der Waals surface area contributed by atoms with Crippen LogP contribution in [-0.4, -0.2) is 14.8 Å². The van der Waals surface area contributed by atoms with Gasteiger partial charge < -0.3 is 5.73 Å². The van der Waals surface area contributed by atoms with E-state index >= 15 is 0 Å². The van der Waals surface area contributed by atoms with Crippen molar-refractivity contribution in [3.63, 3.8) is 0 Å². The fraction of sp³-hybridized carbons (Fsp3) is 0. The second kappa shape index (κ2) is 4.03. The third-order valence-electron chi connectivity index (χ3n) is 2.38. The van der Waals surface area contributed by atoms with Crippen LogP contribution in [0.15, 0.2) is 48.1 Å². The first-order chi connectivity index (χ1) is 8.34. The van der Waals surface area contributed by atoms with Gasteiger partial charge in [0.05, 0.1) is 16.8 Å². The molecule has 3 aromatic rings. The SMILES string of the molecule is Nc1cn(-c2ccccn2)nc1-c1cccs1. The van der Waals surface area contributed by atoms with Crippen molar-refractivity contribution in [3.8, 4) is 16.4 Å². The zero-order valence-corrected chi connectivity index (χ0v) is 9.76. The molecule has 0 aliphatic heterocycles. The monoisotopic (exact) mass is 242 g/mol. The van der Waals surface area contributed by atoms with Gasteiger partial charge in [-0.15, -0.1) is 11.3 Å². The molecular weight excluding hydrogens is 232 g/mol. The molecule has 0 radical (unpaired) electrons. The number of pyridine rings is 1. The lowest BCUT2D eigenvalue weighted by atomic mass is 10.3. The standard InChI is InChI=1S/C12H10N4S/c13-9-8-16(11-5-1-2-6-14-11)15-12(9)10-4-3-7-17-10/h1-8H,13H2. The van der Waals surface area contributed by atoms with Crippen LogP contribution in [0, 0.1) is 0 Å². The minimum absolute atomic E-state index is 0.665. The van der Waals surface area contributed by atoms with Gasteiger partial charge in [0, 0.05) is 6.20 Å². The average molecular weight is 242 g/mol. The minimum atomic E-state index is 0.665. The molecule has 2 N–H and O–H groups in total. The summed E-state index contributed by atoms with van der Waals surface area (Å²) >= 11 is 1.62. The van der Waals surface area contributed by atoms with Gasteiger partial charge in [-0.05, 0) is 23.6 Å². The Kier molecular flexibility index (Phi) is 2.38. The molecule has 0 aliphatic carbocycles. The van der Waals surface area contributed by atoms with E-state index in [0.717, 1.165) is 16.4 Å². The van der Waals surface area contributed by atoms with E-state index in [4.69, 9.17) is 5.73 Å². The van der Waals surface area contributed by atoms with Crippen molar-refractivity contribution in [1.82, 2.24) is 14.8 Å². The smallest absolute Gasteiger partial charge is 0.153 e. The summed E-state index contributed by atoms with van der Waals surface area (Å²) in [5, 5.41) is 6.47. The average Bonchev–Trinajstić information content (AvgIpc) is 2.99. The largest absolute Gasteiger partial charge is 0.396 e. The second-order valence-electron chi connectivity index (χ2n) is 3.54. The Morgan fingerprint density at radius 3 is 2.82 bits per heavy atom. The number of anilines is 1. The molecule has 0 unspecified atom stereocenters. The number of aromatic nitrogens is 3. The molecule has 0 fully saturated rings. The van der Waals surface area contributed by atoms with Crippen molar-refractivity contribution < 1.29 is 0 Å². The zero-order chi connectivity index (χ0) is 11.7. The van der Waals surface area contributed by atoms with Crippen molar-refractivity contribution >= 4 is 17.0 Å². The van der Waals surface area contributed by atoms with Crippen LogP contribution in [0.2, 0.25) is 0 Å². The van der Waals surface area contributed by atoms with Crippen LogP contribution in [0.5, 0.6) is 0 Å². The van der Waals surface area contributed by atoms with Crippen molar-refractivity contribution in [3.05, 3.63) is 48.1 Å². The van der Waals surface area contributed by atoms with Gasteiger partial charge in [-0.1, -0.05) is 12.1 Å².